The smallest absolute Gasteiger partial charge is 0.258 e. The Hall–Kier alpha value is -0.970. The molecule has 1 aromatic carbocycles. The van der Waals surface area contributed by atoms with Crippen molar-refractivity contribution in [2.75, 3.05) is 6.61 Å². The maximum Gasteiger partial charge on any atom is 0.258 e. The third-order valence-electron chi connectivity index (χ3n) is 2.95. The number of aliphatic hydroxyl groups is 1. The highest BCUT2D eigenvalue weighted by molar-refractivity contribution is 6.35. The molecule has 0 aliphatic rings. The highest BCUT2D eigenvalue weighted by Crippen LogP contribution is 2.32. The number of carbonyl (C=O) groups is 1. The van der Waals surface area contributed by atoms with Gasteiger partial charge in [-0.2, -0.15) is 0 Å². The molecule has 20 heavy (non-hydrogen) atoms. The largest absolute Gasteiger partial charge is 0.482 e. The fourth-order valence-electron chi connectivity index (χ4n) is 1.79. The maximum absolute atomic E-state index is 11.8. The summed E-state index contributed by atoms with van der Waals surface area (Å²) in [5, 5.41) is 12.8. The van der Waals surface area contributed by atoms with Gasteiger partial charge in [0.2, 0.25) is 0 Å². The Labute approximate surface area is 129 Å². The van der Waals surface area contributed by atoms with Crippen LogP contribution in [0.3, 0.4) is 0 Å². The number of hydrogen-bond acceptors (Lipinski definition) is 3. The Morgan fingerprint density at radius 3 is 2.55 bits per heavy atom. The van der Waals surface area contributed by atoms with Gasteiger partial charge in [-0.25, -0.2) is 0 Å². The van der Waals surface area contributed by atoms with E-state index in [1.807, 2.05) is 13.8 Å². The second-order valence-corrected chi connectivity index (χ2v) is 5.25. The first kappa shape index (κ1) is 17.1. The van der Waals surface area contributed by atoms with Gasteiger partial charge in [0.1, 0.15) is 5.75 Å². The molecule has 0 aliphatic heterocycles. The van der Waals surface area contributed by atoms with Gasteiger partial charge in [0.15, 0.2) is 6.61 Å². The van der Waals surface area contributed by atoms with E-state index < -0.39 is 0 Å². The van der Waals surface area contributed by atoms with Crippen molar-refractivity contribution in [1.82, 2.24) is 5.32 Å². The average Bonchev–Trinajstić information content (AvgIpc) is 2.42. The maximum atomic E-state index is 11.8. The predicted molar refractivity (Wildman–Crippen MR) is 80.4 cm³/mol. The zero-order valence-electron chi connectivity index (χ0n) is 11.6. The summed E-state index contributed by atoms with van der Waals surface area (Å²) in [7, 11) is 0. The summed E-state index contributed by atoms with van der Waals surface area (Å²) in [4.78, 5) is 11.8. The van der Waals surface area contributed by atoms with Crippen molar-refractivity contribution >= 4 is 29.1 Å². The van der Waals surface area contributed by atoms with Crippen LogP contribution in [-0.4, -0.2) is 23.7 Å². The fourth-order valence-corrected chi connectivity index (χ4v) is 2.38. The van der Waals surface area contributed by atoms with Gasteiger partial charge >= 0.3 is 0 Å². The highest BCUT2D eigenvalue weighted by Gasteiger charge is 2.13. The predicted octanol–water partition coefficient (Wildman–Crippen LogP) is 3.17. The number of ether oxygens (including phenoxy) is 1. The molecule has 1 amide bonds. The average molecular weight is 320 g/mol. The molecule has 4 nitrogen and oxygen atoms in total. The van der Waals surface area contributed by atoms with E-state index in [2.05, 4.69) is 5.32 Å². The first-order valence-electron chi connectivity index (χ1n) is 6.52. The summed E-state index contributed by atoms with van der Waals surface area (Å²) in [6, 6.07) is 3.21. The minimum Gasteiger partial charge on any atom is -0.482 e. The first-order chi connectivity index (χ1) is 9.51. The summed E-state index contributed by atoms with van der Waals surface area (Å²) in [5.41, 5.74) is 0.456. The molecule has 0 spiro atoms. The van der Waals surface area contributed by atoms with Crippen molar-refractivity contribution in [2.24, 2.45) is 0 Å². The summed E-state index contributed by atoms with van der Waals surface area (Å²) in [6.07, 6.45) is 1.73. The van der Waals surface area contributed by atoms with Gasteiger partial charge in [-0.1, -0.05) is 37.0 Å². The highest BCUT2D eigenvalue weighted by atomic mass is 35.5. The lowest BCUT2D eigenvalue weighted by molar-refractivity contribution is -0.123. The normalized spacial score (nSPS) is 10.7. The quantitative estimate of drug-likeness (QED) is 0.811. The molecular weight excluding hydrogens is 301 g/mol. The van der Waals surface area contributed by atoms with E-state index in [4.69, 9.17) is 27.9 Å². The topological polar surface area (TPSA) is 58.6 Å². The van der Waals surface area contributed by atoms with E-state index in [0.717, 1.165) is 12.8 Å². The van der Waals surface area contributed by atoms with Crippen LogP contribution >= 0.6 is 23.2 Å². The summed E-state index contributed by atoms with van der Waals surface area (Å²) >= 11 is 11.8. The minimum atomic E-state index is -0.260. The molecule has 0 saturated heterocycles. The minimum absolute atomic E-state index is 0.143. The van der Waals surface area contributed by atoms with Crippen LogP contribution in [0.15, 0.2) is 12.1 Å². The molecule has 1 aromatic rings. The second-order valence-electron chi connectivity index (χ2n) is 4.40. The number of aliphatic hydroxyl groups excluding tert-OH is 1. The van der Waals surface area contributed by atoms with Crippen molar-refractivity contribution in [3.05, 3.63) is 27.7 Å². The van der Waals surface area contributed by atoms with Gasteiger partial charge in [0.05, 0.1) is 11.6 Å². The van der Waals surface area contributed by atoms with Gasteiger partial charge in [-0.05, 0) is 25.0 Å². The Morgan fingerprint density at radius 2 is 2.00 bits per heavy atom. The first-order valence-corrected chi connectivity index (χ1v) is 7.28. The number of halogens is 2. The van der Waals surface area contributed by atoms with Crippen LogP contribution in [0.5, 0.6) is 5.75 Å². The molecule has 112 valence electrons. The van der Waals surface area contributed by atoms with Crippen LogP contribution in [0.25, 0.3) is 0 Å². The van der Waals surface area contributed by atoms with E-state index in [0.29, 0.717) is 16.3 Å². The van der Waals surface area contributed by atoms with Crippen LogP contribution in [0.1, 0.15) is 32.3 Å². The van der Waals surface area contributed by atoms with Crippen LogP contribution < -0.4 is 10.1 Å². The van der Waals surface area contributed by atoms with Crippen molar-refractivity contribution in [3.63, 3.8) is 0 Å². The van der Waals surface area contributed by atoms with E-state index in [1.165, 1.54) is 6.07 Å². The van der Waals surface area contributed by atoms with Crippen LogP contribution in [-0.2, 0) is 11.4 Å². The standard InChI is InChI=1S/C14H19Cl2NO3/c1-3-11(4-2)17-13(19)8-20-14-9(7-18)5-10(15)6-12(14)16/h5-6,11,18H,3-4,7-8H2,1-2H3,(H,17,19). The number of hydrogen-bond donors (Lipinski definition) is 2. The number of amides is 1. The third-order valence-corrected chi connectivity index (χ3v) is 3.45. The lowest BCUT2D eigenvalue weighted by Crippen LogP contribution is -2.37. The molecule has 0 bridgehead atoms. The molecule has 0 atom stereocenters. The Kier molecular flexibility index (Phi) is 7.13. The van der Waals surface area contributed by atoms with Crippen molar-refractivity contribution in [2.45, 2.75) is 39.3 Å². The lowest BCUT2D eigenvalue weighted by atomic mass is 10.2. The van der Waals surface area contributed by atoms with Gasteiger partial charge in [0, 0.05) is 16.6 Å². The molecule has 2 N–H and O–H groups in total. The number of rotatable bonds is 7. The molecule has 0 aromatic heterocycles. The lowest BCUT2D eigenvalue weighted by Gasteiger charge is -2.16. The van der Waals surface area contributed by atoms with Crippen LogP contribution in [0, 0.1) is 0 Å². The second kappa shape index (κ2) is 8.35. The molecular formula is C14H19Cl2NO3. The Balaban J connectivity index is 2.68. The van der Waals surface area contributed by atoms with Crippen molar-refractivity contribution in [1.29, 1.82) is 0 Å². The number of benzene rings is 1. The Morgan fingerprint density at radius 1 is 1.35 bits per heavy atom. The molecule has 0 aliphatic carbocycles. The van der Waals surface area contributed by atoms with Gasteiger partial charge in [-0.15, -0.1) is 0 Å². The summed E-state index contributed by atoms with van der Waals surface area (Å²) in [5.74, 6) is 0.0758. The summed E-state index contributed by atoms with van der Waals surface area (Å²) < 4.78 is 5.40. The van der Waals surface area contributed by atoms with Crippen LogP contribution in [0.4, 0.5) is 0 Å². The monoisotopic (exact) mass is 319 g/mol. The number of carbonyl (C=O) groups excluding carboxylic acids is 1. The Bertz CT molecular complexity index is 462. The van der Waals surface area contributed by atoms with E-state index in [9.17, 15) is 9.90 Å². The fraction of sp³-hybridized carbons (Fsp3) is 0.500. The molecule has 1 rings (SSSR count). The van der Waals surface area contributed by atoms with E-state index in [1.54, 1.807) is 6.07 Å². The zero-order chi connectivity index (χ0) is 15.1. The van der Waals surface area contributed by atoms with Gasteiger partial charge in [0.25, 0.3) is 5.91 Å². The third kappa shape index (κ3) is 4.85. The molecule has 6 heteroatoms. The number of nitrogens with one attached hydrogen (secondary N) is 1. The van der Waals surface area contributed by atoms with Crippen LogP contribution in [0.2, 0.25) is 10.0 Å². The van der Waals surface area contributed by atoms with Gasteiger partial charge in [-0.3, -0.25) is 4.79 Å². The summed E-state index contributed by atoms with van der Waals surface area (Å²) in [6.45, 7) is 3.61. The van der Waals surface area contributed by atoms with E-state index in [-0.39, 0.29) is 30.2 Å². The SMILES string of the molecule is CCC(CC)NC(=O)COc1c(Cl)cc(Cl)cc1CO. The van der Waals surface area contributed by atoms with Gasteiger partial charge < -0.3 is 15.2 Å². The van der Waals surface area contributed by atoms with Crippen molar-refractivity contribution < 1.29 is 14.6 Å². The molecule has 0 radical (unpaired) electrons. The molecule has 0 fully saturated rings. The molecule has 0 heterocycles. The molecule has 0 saturated carbocycles. The molecule has 0 unspecified atom stereocenters. The van der Waals surface area contributed by atoms with E-state index >= 15 is 0 Å². The van der Waals surface area contributed by atoms with Crippen molar-refractivity contribution in [3.8, 4) is 5.75 Å². The zero-order valence-corrected chi connectivity index (χ0v) is 13.1.